The molecule has 110 valence electrons. The molecule has 0 saturated heterocycles. The van der Waals surface area contributed by atoms with Gasteiger partial charge in [0, 0.05) is 12.7 Å². The summed E-state index contributed by atoms with van der Waals surface area (Å²) in [7, 11) is 1.61. The van der Waals surface area contributed by atoms with E-state index in [9.17, 15) is 4.79 Å². The Morgan fingerprint density at radius 2 is 1.95 bits per heavy atom. The minimum absolute atomic E-state index is 0.229. The smallest absolute Gasteiger partial charge is 0.188 e. The summed E-state index contributed by atoms with van der Waals surface area (Å²) >= 11 is 0. The zero-order valence-electron chi connectivity index (χ0n) is 12.8. The molecule has 4 heteroatoms. The Morgan fingerprint density at radius 1 is 1.25 bits per heavy atom. The molecule has 0 aromatic heterocycles. The van der Waals surface area contributed by atoms with E-state index < -0.39 is 5.60 Å². The van der Waals surface area contributed by atoms with Gasteiger partial charge in [-0.25, -0.2) is 0 Å². The van der Waals surface area contributed by atoms with Crippen molar-refractivity contribution in [3.05, 3.63) is 22.3 Å². The fourth-order valence-electron chi connectivity index (χ4n) is 2.67. The fraction of sp³-hybridized carbons (Fsp3) is 0.562. The Balaban J connectivity index is 2.51. The monoisotopic (exact) mass is 278 g/mol. The van der Waals surface area contributed by atoms with Crippen molar-refractivity contribution in [2.75, 3.05) is 13.9 Å². The van der Waals surface area contributed by atoms with Crippen LogP contribution < -0.4 is 9.47 Å². The van der Waals surface area contributed by atoms with Crippen LogP contribution >= 0.6 is 0 Å². The van der Waals surface area contributed by atoms with Gasteiger partial charge in [-0.15, -0.1) is 0 Å². The van der Waals surface area contributed by atoms with Gasteiger partial charge < -0.3 is 14.2 Å². The highest BCUT2D eigenvalue weighted by molar-refractivity contribution is 5.66. The summed E-state index contributed by atoms with van der Waals surface area (Å²) in [5.74, 6) is 1.70. The van der Waals surface area contributed by atoms with Crippen molar-refractivity contribution in [2.45, 2.75) is 46.1 Å². The molecule has 1 aliphatic rings. The average Bonchev–Trinajstić information content (AvgIpc) is 2.45. The topological polar surface area (TPSA) is 44.8 Å². The normalized spacial score (nSPS) is 21.1. The third-order valence-electron chi connectivity index (χ3n) is 4.09. The quantitative estimate of drug-likeness (QED) is 0.627. The zero-order valence-corrected chi connectivity index (χ0v) is 12.8. The first kappa shape index (κ1) is 14.9. The van der Waals surface area contributed by atoms with Crippen molar-refractivity contribution in [1.29, 1.82) is 0 Å². The van der Waals surface area contributed by atoms with E-state index in [4.69, 9.17) is 14.2 Å². The number of benzene rings is 1. The Labute approximate surface area is 120 Å². The molecule has 4 nitrogen and oxygen atoms in total. The standard InChI is InChI=1S/C16H22O4/c1-10-11(2)15-13(6-7-16(4,8-17)20-15)12(3)14(10)19-9-18-5/h8H,6-7,9H2,1-5H3. The molecule has 0 spiro atoms. The number of hydrogen-bond donors (Lipinski definition) is 0. The van der Waals surface area contributed by atoms with E-state index in [1.165, 1.54) is 0 Å². The van der Waals surface area contributed by atoms with Crippen LogP contribution in [0.2, 0.25) is 0 Å². The predicted molar refractivity (Wildman–Crippen MR) is 76.6 cm³/mol. The zero-order chi connectivity index (χ0) is 14.9. The van der Waals surface area contributed by atoms with Gasteiger partial charge in [-0.2, -0.15) is 0 Å². The third kappa shape index (κ3) is 2.40. The number of methoxy groups -OCH3 is 1. The van der Waals surface area contributed by atoms with Crippen LogP contribution in [0.5, 0.6) is 11.5 Å². The fourth-order valence-corrected chi connectivity index (χ4v) is 2.67. The first-order valence-corrected chi connectivity index (χ1v) is 6.83. The van der Waals surface area contributed by atoms with E-state index in [2.05, 4.69) is 0 Å². The van der Waals surface area contributed by atoms with Gasteiger partial charge in [0.05, 0.1) is 0 Å². The van der Waals surface area contributed by atoms with Crippen LogP contribution in [-0.2, 0) is 16.0 Å². The van der Waals surface area contributed by atoms with E-state index in [-0.39, 0.29) is 6.79 Å². The van der Waals surface area contributed by atoms with Crippen LogP contribution in [0.4, 0.5) is 0 Å². The van der Waals surface area contributed by atoms with E-state index in [1.807, 2.05) is 27.7 Å². The molecule has 20 heavy (non-hydrogen) atoms. The average molecular weight is 278 g/mol. The molecule has 1 heterocycles. The summed E-state index contributed by atoms with van der Waals surface area (Å²) in [6.07, 6.45) is 2.41. The SMILES string of the molecule is COCOc1c(C)c(C)c2c(c1C)CCC(C)(C=O)O2. The van der Waals surface area contributed by atoms with Crippen molar-refractivity contribution in [3.63, 3.8) is 0 Å². The van der Waals surface area contributed by atoms with E-state index in [0.29, 0.717) is 6.42 Å². The number of fused-ring (bicyclic) bond motifs is 1. The van der Waals surface area contributed by atoms with Crippen molar-refractivity contribution in [1.82, 2.24) is 0 Å². The lowest BCUT2D eigenvalue weighted by Crippen LogP contribution is -2.38. The second-order valence-electron chi connectivity index (χ2n) is 5.60. The van der Waals surface area contributed by atoms with Gasteiger partial charge in [-0.1, -0.05) is 0 Å². The molecule has 0 amide bonds. The van der Waals surface area contributed by atoms with Crippen LogP contribution in [0.3, 0.4) is 0 Å². The molecule has 1 aromatic carbocycles. The maximum atomic E-state index is 11.2. The Bertz CT molecular complexity index is 536. The van der Waals surface area contributed by atoms with E-state index in [1.54, 1.807) is 7.11 Å². The van der Waals surface area contributed by atoms with Crippen molar-refractivity contribution < 1.29 is 19.0 Å². The number of aldehydes is 1. The molecular weight excluding hydrogens is 256 g/mol. The maximum absolute atomic E-state index is 11.2. The highest BCUT2D eigenvalue weighted by Gasteiger charge is 2.34. The number of carbonyl (C=O) groups excluding carboxylic acids is 1. The van der Waals surface area contributed by atoms with Gasteiger partial charge in [-0.05, 0) is 57.2 Å². The summed E-state index contributed by atoms with van der Waals surface area (Å²) in [6, 6.07) is 0. The molecule has 0 aliphatic carbocycles. The van der Waals surface area contributed by atoms with Crippen LogP contribution in [0.15, 0.2) is 0 Å². The summed E-state index contributed by atoms with van der Waals surface area (Å²) < 4.78 is 16.7. The molecule has 2 rings (SSSR count). The molecule has 1 unspecified atom stereocenters. The van der Waals surface area contributed by atoms with Crippen LogP contribution in [0.25, 0.3) is 0 Å². The van der Waals surface area contributed by atoms with Gasteiger partial charge in [0.2, 0.25) is 0 Å². The van der Waals surface area contributed by atoms with Crippen molar-refractivity contribution >= 4 is 6.29 Å². The number of ether oxygens (including phenoxy) is 3. The number of carbonyl (C=O) groups is 1. The van der Waals surface area contributed by atoms with Crippen molar-refractivity contribution in [3.8, 4) is 11.5 Å². The third-order valence-corrected chi connectivity index (χ3v) is 4.09. The number of hydrogen-bond acceptors (Lipinski definition) is 4. The molecule has 0 saturated carbocycles. The van der Waals surface area contributed by atoms with Crippen molar-refractivity contribution in [2.24, 2.45) is 0 Å². The van der Waals surface area contributed by atoms with Gasteiger partial charge in [0.15, 0.2) is 18.7 Å². The summed E-state index contributed by atoms with van der Waals surface area (Å²) in [5, 5.41) is 0. The van der Waals surface area contributed by atoms with Crippen LogP contribution in [-0.4, -0.2) is 25.8 Å². The summed E-state index contributed by atoms with van der Waals surface area (Å²) in [6.45, 7) is 8.10. The minimum atomic E-state index is -0.717. The van der Waals surface area contributed by atoms with Gasteiger partial charge in [0.25, 0.3) is 0 Å². The Morgan fingerprint density at radius 3 is 2.55 bits per heavy atom. The molecule has 1 atom stereocenters. The second kappa shape index (κ2) is 5.44. The molecular formula is C16H22O4. The lowest BCUT2D eigenvalue weighted by Gasteiger charge is -2.34. The van der Waals surface area contributed by atoms with E-state index in [0.717, 1.165) is 46.5 Å². The summed E-state index contributed by atoms with van der Waals surface area (Å²) in [4.78, 5) is 11.2. The Kier molecular flexibility index (Phi) is 4.04. The molecule has 0 N–H and O–H groups in total. The molecule has 1 aliphatic heterocycles. The highest BCUT2D eigenvalue weighted by atomic mass is 16.7. The molecule has 0 fully saturated rings. The van der Waals surface area contributed by atoms with E-state index >= 15 is 0 Å². The lowest BCUT2D eigenvalue weighted by atomic mass is 9.88. The molecule has 0 bridgehead atoms. The Hall–Kier alpha value is -1.55. The molecule has 1 aromatic rings. The van der Waals surface area contributed by atoms with Gasteiger partial charge >= 0.3 is 0 Å². The highest BCUT2D eigenvalue weighted by Crippen LogP contribution is 2.43. The van der Waals surface area contributed by atoms with Gasteiger partial charge in [0.1, 0.15) is 11.5 Å². The minimum Gasteiger partial charge on any atom is -0.480 e. The second-order valence-corrected chi connectivity index (χ2v) is 5.60. The van der Waals surface area contributed by atoms with Crippen LogP contribution in [0.1, 0.15) is 35.6 Å². The first-order chi connectivity index (χ1) is 9.43. The predicted octanol–water partition coefficient (Wildman–Crippen LogP) is 2.88. The van der Waals surface area contributed by atoms with Gasteiger partial charge in [-0.3, -0.25) is 4.79 Å². The number of rotatable bonds is 4. The summed E-state index contributed by atoms with van der Waals surface area (Å²) in [5.41, 5.74) is 3.57. The van der Waals surface area contributed by atoms with Crippen LogP contribution in [0, 0.1) is 20.8 Å². The lowest BCUT2D eigenvalue weighted by molar-refractivity contribution is -0.121. The first-order valence-electron chi connectivity index (χ1n) is 6.83. The molecule has 0 radical (unpaired) electrons. The largest absolute Gasteiger partial charge is 0.480 e. The maximum Gasteiger partial charge on any atom is 0.188 e.